The summed E-state index contributed by atoms with van der Waals surface area (Å²) >= 11 is 6.03. The third kappa shape index (κ3) is 3.56. The Morgan fingerprint density at radius 3 is 2.52 bits per heavy atom. The Morgan fingerprint density at radius 1 is 1.33 bits per heavy atom. The molecular formula is C14H18ClFO4S. The second kappa shape index (κ2) is 6.20. The van der Waals surface area contributed by atoms with Crippen LogP contribution in [0.3, 0.4) is 0 Å². The Balaban J connectivity index is 2.32. The smallest absolute Gasteiger partial charge is 0.150 e. The topological polar surface area (TPSA) is 74.6 Å². The van der Waals surface area contributed by atoms with E-state index in [1.54, 1.807) is 0 Å². The minimum Gasteiger partial charge on any atom is -0.396 e. The van der Waals surface area contributed by atoms with Gasteiger partial charge in [0.1, 0.15) is 5.82 Å². The van der Waals surface area contributed by atoms with E-state index in [9.17, 15) is 23.0 Å². The van der Waals surface area contributed by atoms with Gasteiger partial charge in [0.05, 0.1) is 24.7 Å². The van der Waals surface area contributed by atoms with Gasteiger partial charge in [-0.3, -0.25) is 0 Å². The molecule has 1 aromatic carbocycles. The Labute approximate surface area is 128 Å². The predicted molar refractivity (Wildman–Crippen MR) is 78.5 cm³/mol. The van der Waals surface area contributed by atoms with Gasteiger partial charge in [0.15, 0.2) is 9.84 Å². The van der Waals surface area contributed by atoms with Crippen molar-refractivity contribution < 1.29 is 23.0 Å². The number of benzene rings is 1. The van der Waals surface area contributed by atoms with Crippen molar-refractivity contribution in [3.63, 3.8) is 0 Å². The van der Waals surface area contributed by atoms with Crippen molar-refractivity contribution in [3.05, 3.63) is 34.6 Å². The summed E-state index contributed by atoms with van der Waals surface area (Å²) < 4.78 is 36.6. The van der Waals surface area contributed by atoms with E-state index < -0.39 is 21.1 Å². The fourth-order valence-electron chi connectivity index (χ4n) is 2.90. The summed E-state index contributed by atoms with van der Waals surface area (Å²) in [5, 5.41) is 19.8. The lowest BCUT2D eigenvalue weighted by Gasteiger charge is -2.35. The summed E-state index contributed by atoms with van der Waals surface area (Å²) in [5.74, 6) is -0.841. The van der Waals surface area contributed by atoms with E-state index in [1.807, 2.05) is 0 Å². The van der Waals surface area contributed by atoms with Crippen LogP contribution in [0.1, 0.15) is 12.0 Å². The number of sulfone groups is 1. The molecule has 1 atom stereocenters. The maximum absolute atomic E-state index is 13.4. The summed E-state index contributed by atoms with van der Waals surface area (Å²) in [6, 6.07) is 3.90. The molecule has 1 aromatic rings. The minimum atomic E-state index is -3.14. The van der Waals surface area contributed by atoms with Crippen LogP contribution in [0.15, 0.2) is 18.2 Å². The molecule has 2 N–H and O–H groups in total. The van der Waals surface area contributed by atoms with E-state index >= 15 is 0 Å². The van der Waals surface area contributed by atoms with Crippen molar-refractivity contribution in [2.45, 2.75) is 12.8 Å². The van der Waals surface area contributed by atoms with Crippen molar-refractivity contribution >= 4 is 21.4 Å². The fourth-order valence-corrected chi connectivity index (χ4v) is 5.03. The Hall–Kier alpha value is -0.690. The first-order chi connectivity index (χ1) is 9.82. The largest absolute Gasteiger partial charge is 0.396 e. The molecule has 21 heavy (non-hydrogen) atoms. The zero-order valence-corrected chi connectivity index (χ0v) is 13.0. The summed E-state index contributed by atoms with van der Waals surface area (Å²) in [5.41, 5.74) is -0.551. The molecule has 0 radical (unpaired) electrons. The molecule has 0 spiro atoms. The lowest BCUT2D eigenvalue weighted by atomic mass is 9.72. The quantitative estimate of drug-likeness (QED) is 0.853. The van der Waals surface area contributed by atoms with Crippen LogP contribution >= 0.6 is 11.6 Å². The summed E-state index contributed by atoms with van der Waals surface area (Å²) in [4.78, 5) is 0. The van der Waals surface area contributed by atoms with E-state index in [4.69, 9.17) is 11.6 Å². The van der Waals surface area contributed by atoms with Gasteiger partial charge in [-0.15, -0.1) is 0 Å². The molecule has 1 unspecified atom stereocenters. The minimum absolute atomic E-state index is 0.0519. The van der Waals surface area contributed by atoms with E-state index in [1.165, 1.54) is 18.2 Å². The number of halogens is 2. The summed E-state index contributed by atoms with van der Waals surface area (Å²) in [6.07, 6.45) is 0.521. The molecule has 1 aliphatic rings. The summed E-state index contributed by atoms with van der Waals surface area (Å²) in [6.45, 7) is -0.757. The molecule has 0 aliphatic carbocycles. The van der Waals surface area contributed by atoms with Crippen LogP contribution in [0.2, 0.25) is 5.02 Å². The molecule has 7 heteroatoms. The SMILES string of the molecule is O=S1(=O)CCC(C(CO)(CO)Cc2cc(F)ccc2Cl)C1. The maximum Gasteiger partial charge on any atom is 0.150 e. The molecule has 0 aromatic heterocycles. The van der Waals surface area contributed by atoms with Crippen LogP contribution in [0.5, 0.6) is 0 Å². The van der Waals surface area contributed by atoms with Crippen molar-refractivity contribution in [2.24, 2.45) is 11.3 Å². The van der Waals surface area contributed by atoms with Crippen LogP contribution in [0.4, 0.5) is 4.39 Å². The second-order valence-electron chi connectivity index (χ2n) is 5.69. The molecular weight excluding hydrogens is 319 g/mol. The highest BCUT2D eigenvalue weighted by Gasteiger charge is 2.44. The average molecular weight is 337 g/mol. The first kappa shape index (κ1) is 16.7. The van der Waals surface area contributed by atoms with Crippen molar-refractivity contribution in [3.8, 4) is 0 Å². The van der Waals surface area contributed by atoms with Crippen molar-refractivity contribution in [1.82, 2.24) is 0 Å². The van der Waals surface area contributed by atoms with Gasteiger partial charge in [-0.05, 0) is 42.5 Å². The van der Waals surface area contributed by atoms with Gasteiger partial charge in [-0.1, -0.05) is 11.6 Å². The molecule has 0 amide bonds. The van der Waals surface area contributed by atoms with Crippen LogP contribution in [-0.4, -0.2) is 43.4 Å². The molecule has 1 saturated heterocycles. The third-order valence-electron chi connectivity index (χ3n) is 4.28. The van der Waals surface area contributed by atoms with E-state index in [0.717, 1.165) is 0 Å². The molecule has 0 saturated carbocycles. The molecule has 4 nitrogen and oxygen atoms in total. The first-order valence-electron chi connectivity index (χ1n) is 6.68. The highest BCUT2D eigenvalue weighted by atomic mass is 35.5. The van der Waals surface area contributed by atoms with Crippen LogP contribution in [0.25, 0.3) is 0 Å². The first-order valence-corrected chi connectivity index (χ1v) is 8.88. The number of hydrogen-bond acceptors (Lipinski definition) is 4. The lowest BCUT2D eigenvalue weighted by molar-refractivity contribution is 0.0124. The van der Waals surface area contributed by atoms with Gasteiger partial charge in [0, 0.05) is 10.4 Å². The average Bonchev–Trinajstić information content (AvgIpc) is 2.81. The van der Waals surface area contributed by atoms with Gasteiger partial charge < -0.3 is 10.2 Å². The van der Waals surface area contributed by atoms with Crippen LogP contribution < -0.4 is 0 Å². The lowest BCUT2D eigenvalue weighted by Crippen LogP contribution is -2.41. The van der Waals surface area contributed by atoms with Gasteiger partial charge in [-0.2, -0.15) is 0 Å². The Bertz CT molecular complexity index is 613. The molecule has 2 rings (SSSR count). The van der Waals surface area contributed by atoms with E-state index in [0.29, 0.717) is 17.0 Å². The zero-order valence-electron chi connectivity index (χ0n) is 11.4. The van der Waals surface area contributed by atoms with Gasteiger partial charge in [0.25, 0.3) is 0 Å². The zero-order chi connectivity index (χ0) is 15.7. The van der Waals surface area contributed by atoms with Gasteiger partial charge in [0.2, 0.25) is 0 Å². The van der Waals surface area contributed by atoms with Gasteiger partial charge in [-0.25, -0.2) is 12.8 Å². The van der Waals surface area contributed by atoms with Crippen LogP contribution in [-0.2, 0) is 16.3 Å². The maximum atomic E-state index is 13.4. The summed E-state index contributed by atoms with van der Waals surface area (Å²) in [7, 11) is -3.14. The highest BCUT2D eigenvalue weighted by molar-refractivity contribution is 7.91. The second-order valence-corrected chi connectivity index (χ2v) is 8.33. The predicted octanol–water partition coefficient (Wildman–Crippen LogP) is 1.43. The number of hydrogen-bond donors (Lipinski definition) is 2. The molecule has 1 fully saturated rings. The number of aliphatic hydroxyl groups is 2. The number of rotatable bonds is 5. The van der Waals surface area contributed by atoms with Crippen LogP contribution in [0, 0.1) is 17.2 Å². The highest BCUT2D eigenvalue weighted by Crippen LogP contribution is 2.39. The third-order valence-corrected chi connectivity index (χ3v) is 6.42. The van der Waals surface area contributed by atoms with Crippen molar-refractivity contribution in [1.29, 1.82) is 0 Å². The molecule has 1 heterocycles. The molecule has 1 aliphatic heterocycles. The standard InChI is InChI=1S/C14H18ClFO4S/c15-13-2-1-12(16)5-10(13)6-14(8-17,9-18)11-3-4-21(19,20)7-11/h1-2,5,11,17-18H,3-4,6-9H2. The fraction of sp³-hybridized carbons (Fsp3) is 0.571. The van der Waals surface area contributed by atoms with Crippen molar-refractivity contribution in [2.75, 3.05) is 24.7 Å². The Morgan fingerprint density at radius 2 is 2.00 bits per heavy atom. The van der Waals surface area contributed by atoms with E-state index in [2.05, 4.69) is 0 Å². The van der Waals surface area contributed by atoms with Gasteiger partial charge >= 0.3 is 0 Å². The number of aliphatic hydroxyl groups excluding tert-OH is 2. The Kier molecular flexibility index (Phi) is 4.92. The molecule has 118 valence electrons. The van der Waals surface area contributed by atoms with E-state index in [-0.39, 0.29) is 37.1 Å². The molecule has 0 bridgehead atoms. The monoisotopic (exact) mass is 336 g/mol. The normalized spacial score (nSPS) is 21.6.